The van der Waals surface area contributed by atoms with Crippen LogP contribution in [0.2, 0.25) is 0 Å². The maximum Gasteiger partial charge on any atom is 0.270 e. The first-order valence-corrected chi connectivity index (χ1v) is 9.66. The summed E-state index contributed by atoms with van der Waals surface area (Å²) >= 11 is 0. The van der Waals surface area contributed by atoms with Gasteiger partial charge in [-0.1, -0.05) is 48.9 Å². The number of carbonyl (C=O) groups is 1. The van der Waals surface area contributed by atoms with Gasteiger partial charge >= 0.3 is 0 Å². The van der Waals surface area contributed by atoms with E-state index in [-0.39, 0.29) is 23.2 Å². The normalized spacial score (nSPS) is 20.7. The molecule has 2 atom stereocenters. The van der Waals surface area contributed by atoms with E-state index >= 15 is 0 Å². The molecule has 4 nitrogen and oxygen atoms in total. The number of sulfonamides is 1. The van der Waals surface area contributed by atoms with E-state index in [4.69, 9.17) is 0 Å². The van der Waals surface area contributed by atoms with Crippen LogP contribution < -0.4 is 4.31 Å². The van der Waals surface area contributed by atoms with E-state index in [9.17, 15) is 13.2 Å². The van der Waals surface area contributed by atoms with Crippen molar-refractivity contribution in [1.82, 2.24) is 0 Å². The molecule has 1 aliphatic rings. The van der Waals surface area contributed by atoms with Gasteiger partial charge in [0.2, 0.25) is 5.91 Å². The third kappa shape index (κ3) is 3.00. The Labute approximate surface area is 148 Å². The fraction of sp³-hybridized carbons (Fsp3) is 0.250. The number of aryl methyl sites for hydroxylation is 1. The Morgan fingerprint density at radius 2 is 1.76 bits per heavy atom. The van der Waals surface area contributed by atoms with Crippen molar-refractivity contribution in [2.45, 2.75) is 31.1 Å². The maximum absolute atomic E-state index is 13.2. The number of hydrogen-bond donors (Lipinski definition) is 0. The van der Waals surface area contributed by atoms with Crippen molar-refractivity contribution in [1.29, 1.82) is 0 Å². The van der Waals surface area contributed by atoms with E-state index < -0.39 is 15.9 Å². The smallest absolute Gasteiger partial charge is 0.270 e. The lowest BCUT2D eigenvalue weighted by atomic mass is 9.86. The van der Waals surface area contributed by atoms with Gasteiger partial charge in [0, 0.05) is 12.3 Å². The zero-order valence-corrected chi connectivity index (χ0v) is 15.2. The largest absolute Gasteiger partial charge is 0.273 e. The number of fused-ring (bicyclic) bond motifs is 1. The van der Waals surface area contributed by atoms with Gasteiger partial charge in [0.25, 0.3) is 10.0 Å². The molecule has 0 N–H and O–H groups in total. The van der Waals surface area contributed by atoms with Crippen molar-refractivity contribution in [2.24, 2.45) is 5.92 Å². The average molecular weight is 355 g/mol. The van der Waals surface area contributed by atoms with Crippen LogP contribution in [0, 0.1) is 12.8 Å². The van der Waals surface area contributed by atoms with Gasteiger partial charge in [-0.15, -0.1) is 6.58 Å². The second-order valence-electron chi connectivity index (χ2n) is 6.48. The number of carbonyl (C=O) groups excluding carboxylic acids is 1. The summed E-state index contributed by atoms with van der Waals surface area (Å²) in [5.74, 6) is -0.507. The van der Waals surface area contributed by atoms with Gasteiger partial charge in [0.15, 0.2) is 0 Å². The lowest BCUT2D eigenvalue weighted by Crippen LogP contribution is -2.37. The minimum absolute atomic E-state index is 0.0237. The molecule has 0 bridgehead atoms. The second kappa shape index (κ2) is 6.48. The van der Waals surface area contributed by atoms with Gasteiger partial charge in [-0.2, -0.15) is 0 Å². The maximum atomic E-state index is 13.2. The van der Waals surface area contributed by atoms with Gasteiger partial charge in [-0.05, 0) is 36.6 Å². The summed E-state index contributed by atoms with van der Waals surface area (Å²) in [4.78, 5) is 13.0. The van der Waals surface area contributed by atoms with Crippen LogP contribution >= 0.6 is 0 Å². The standard InChI is InChI=1S/C20H21NO3S/c1-4-17-15(3)13-20(22)21(19-8-6-5-7-18(17)19)25(23,24)16-11-9-14(2)10-12-16/h4-12,15,17H,1,13H2,2-3H3/t15-,17+/m0/s1. The summed E-state index contributed by atoms with van der Waals surface area (Å²) in [5.41, 5.74) is 2.19. The Bertz CT molecular complexity index is 916. The molecule has 1 amide bonds. The third-order valence-corrected chi connectivity index (χ3v) is 6.41. The summed E-state index contributed by atoms with van der Waals surface area (Å²) < 4.78 is 27.4. The molecule has 5 heteroatoms. The summed E-state index contributed by atoms with van der Waals surface area (Å²) in [6.45, 7) is 7.71. The molecule has 0 radical (unpaired) electrons. The van der Waals surface area contributed by atoms with Gasteiger partial charge in [0.05, 0.1) is 10.6 Å². The van der Waals surface area contributed by atoms with Crippen molar-refractivity contribution in [3.8, 4) is 0 Å². The molecule has 3 rings (SSSR count). The SMILES string of the molecule is C=C[C@H]1c2ccccc2N(S(=O)(=O)c2ccc(C)cc2)C(=O)C[C@@H]1C. The summed E-state index contributed by atoms with van der Waals surface area (Å²) in [7, 11) is -3.97. The topological polar surface area (TPSA) is 54.5 Å². The molecule has 1 heterocycles. The zero-order valence-electron chi connectivity index (χ0n) is 14.3. The first-order chi connectivity index (χ1) is 11.9. The minimum Gasteiger partial charge on any atom is -0.273 e. The van der Waals surface area contributed by atoms with Crippen LogP contribution in [0.5, 0.6) is 0 Å². The molecule has 1 aliphatic heterocycles. The van der Waals surface area contributed by atoms with Crippen LogP contribution in [-0.4, -0.2) is 14.3 Å². The van der Waals surface area contributed by atoms with Crippen LogP contribution in [0.3, 0.4) is 0 Å². The number of allylic oxidation sites excluding steroid dienone is 1. The quantitative estimate of drug-likeness (QED) is 0.781. The Hall–Kier alpha value is -2.40. The highest BCUT2D eigenvalue weighted by molar-refractivity contribution is 7.93. The molecule has 25 heavy (non-hydrogen) atoms. The highest BCUT2D eigenvalue weighted by Crippen LogP contribution is 2.40. The van der Waals surface area contributed by atoms with Crippen molar-refractivity contribution in [3.05, 3.63) is 72.3 Å². The average Bonchev–Trinajstić information content (AvgIpc) is 2.67. The number of anilines is 1. The van der Waals surface area contributed by atoms with Crippen LogP contribution in [0.1, 0.15) is 30.4 Å². The van der Waals surface area contributed by atoms with E-state index in [2.05, 4.69) is 6.58 Å². The molecule has 0 unspecified atom stereocenters. The number of benzene rings is 2. The highest BCUT2D eigenvalue weighted by atomic mass is 32.2. The summed E-state index contributed by atoms with van der Waals surface area (Å²) in [5, 5.41) is 0. The predicted octanol–water partition coefficient (Wildman–Crippen LogP) is 4.03. The van der Waals surface area contributed by atoms with Crippen molar-refractivity contribution in [2.75, 3.05) is 4.31 Å². The van der Waals surface area contributed by atoms with Gasteiger partial charge in [-0.3, -0.25) is 4.79 Å². The fourth-order valence-electron chi connectivity index (χ4n) is 3.32. The van der Waals surface area contributed by atoms with E-state index in [1.165, 1.54) is 0 Å². The van der Waals surface area contributed by atoms with Crippen LogP contribution in [0.4, 0.5) is 5.69 Å². The van der Waals surface area contributed by atoms with Crippen molar-refractivity contribution >= 4 is 21.6 Å². The van der Waals surface area contributed by atoms with Gasteiger partial charge in [-0.25, -0.2) is 12.7 Å². The van der Waals surface area contributed by atoms with E-state index in [1.807, 2.05) is 26.0 Å². The predicted molar refractivity (Wildman–Crippen MR) is 99.0 cm³/mol. The first kappa shape index (κ1) is 17.4. The van der Waals surface area contributed by atoms with Crippen LogP contribution in [-0.2, 0) is 14.8 Å². The lowest BCUT2D eigenvalue weighted by molar-refractivity contribution is -0.118. The van der Waals surface area contributed by atoms with Crippen molar-refractivity contribution < 1.29 is 13.2 Å². The minimum atomic E-state index is -3.97. The molecular formula is C20H21NO3S. The number of amides is 1. The van der Waals surface area contributed by atoms with Crippen molar-refractivity contribution in [3.63, 3.8) is 0 Å². The molecule has 0 saturated heterocycles. The van der Waals surface area contributed by atoms with Gasteiger partial charge in [0.1, 0.15) is 0 Å². The fourth-order valence-corrected chi connectivity index (χ4v) is 4.78. The third-order valence-electron chi connectivity index (χ3n) is 4.66. The van der Waals surface area contributed by atoms with Gasteiger partial charge < -0.3 is 0 Å². The molecule has 0 spiro atoms. The van der Waals surface area contributed by atoms with E-state index in [0.717, 1.165) is 15.4 Å². The molecule has 0 fully saturated rings. The van der Waals surface area contributed by atoms with E-state index in [0.29, 0.717) is 5.69 Å². The molecule has 2 aromatic rings. The lowest BCUT2D eigenvalue weighted by Gasteiger charge is -2.23. The number of rotatable bonds is 3. The zero-order chi connectivity index (χ0) is 18.2. The Kier molecular flexibility index (Phi) is 4.52. The highest BCUT2D eigenvalue weighted by Gasteiger charge is 2.38. The molecule has 0 saturated carbocycles. The number of nitrogens with zero attached hydrogens (tertiary/aromatic N) is 1. The molecule has 2 aromatic carbocycles. The van der Waals surface area contributed by atoms with Crippen LogP contribution in [0.25, 0.3) is 0 Å². The Morgan fingerprint density at radius 1 is 1.12 bits per heavy atom. The molecule has 0 aliphatic carbocycles. The molecular weight excluding hydrogens is 334 g/mol. The molecule has 130 valence electrons. The summed E-state index contributed by atoms with van der Waals surface area (Å²) in [6.07, 6.45) is 1.94. The summed E-state index contributed by atoms with van der Waals surface area (Å²) in [6, 6.07) is 13.7. The Morgan fingerprint density at radius 3 is 2.40 bits per heavy atom. The first-order valence-electron chi connectivity index (χ1n) is 8.22. The van der Waals surface area contributed by atoms with E-state index in [1.54, 1.807) is 42.5 Å². The van der Waals surface area contributed by atoms with Crippen LogP contribution in [0.15, 0.2) is 66.1 Å². The number of hydrogen-bond acceptors (Lipinski definition) is 3. The monoisotopic (exact) mass is 355 g/mol. The molecule has 0 aromatic heterocycles. The number of para-hydroxylation sites is 1. The second-order valence-corrected chi connectivity index (χ2v) is 8.26. The Balaban J connectivity index is 2.21.